The van der Waals surface area contributed by atoms with Crippen molar-refractivity contribution >= 4 is 17.8 Å². The van der Waals surface area contributed by atoms with E-state index in [0.29, 0.717) is 12.8 Å². The first kappa shape index (κ1) is 36.9. The maximum absolute atomic E-state index is 12.5. The topological polar surface area (TPSA) is 92.7 Å². The first-order valence-electron chi connectivity index (χ1n) is 16.0. The van der Waals surface area contributed by atoms with E-state index in [2.05, 4.69) is 43.5 Å². The van der Waals surface area contributed by atoms with Crippen molar-refractivity contribution in [2.24, 2.45) is 0 Å². The molecular formula is C33H59NO5. The van der Waals surface area contributed by atoms with Gasteiger partial charge in [0.1, 0.15) is 12.6 Å². The Hall–Kier alpha value is -2.11. The van der Waals surface area contributed by atoms with Crippen molar-refractivity contribution in [2.75, 3.05) is 6.54 Å². The minimum absolute atomic E-state index is 0.00139. The first-order valence-corrected chi connectivity index (χ1v) is 16.0. The average molecular weight is 550 g/mol. The van der Waals surface area contributed by atoms with E-state index in [4.69, 9.17) is 9.84 Å². The van der Waals surface area contributed by atoms with Crippen molar-refractivity contribution in [2.45, 2.75) is 161 Å². The van der Waals surface area contributed by atoms with Crippen LogP contribution >= 0.6 is 0 Å². The van der Waals surface area contributed by atoms with Gasteiger partial charge in [0.15, 0.2) is 0 Å². The van der Waals surface area contributed by atoms with E-state index in [1.54, 1.807) is 0 Å². The molecule has 2 N–H and O–H groups in total. The lowest BCUT2D eigenvalue weighted by atomic mass is 10.0. The fourth-order valence-corrected chi connectivity index (χ4v) is 4.47. The lowest BCUT2D eigenvalue weighted by Gasteiger charge is -2.18. The minimum atomic E-state index is -1.02. The van der Waals surface area contributed by atoms with E-state index in [1.807, 2.05) is 0 Å². The summed E-state index contributed by atoms with van der Waals surface area (Å²) in [6, 6.07) is 0. The van der Waals surface area contributed by atoms with Crippen LogP contribution in [-0.2, 0) is 19.1 Å². The minimum Gasteiger partial charge on any atom is -0.480 e. The smallest absolute Gasteiger partial charge is 0.322 e. The molecule has 0 aromatic rings. The van der Waals surface area contributed by atoms with Crippen LogP contribution in [0.15, 0.2) is 24.3 Å². The largest absolute Gasteiger partial charge is 0.480 e. The van der Waals surface area contributed by atoms with Crippen LogP contribution in [0.3, 0.4) is 0 Å². The lowest BCUT2D eigenvalue weighted by molar-refractivity contribution is -0.150. The van der Waals surface area contributed by atoms with Crippen molar-refractivity contribution in [3.8, 4) is 0 Å². The Morgan fingerprint density at radius 3 is 1.85 bits per heavy atom. The molecular weight excluding hydrogens is 490 g/mol. The van der Waals surface area contributed by atoms with Gasteiger partial charge in [0.05, 0.1) is 0 Å². The van der Waals surface area contributed by atoms with E-state index < -0.39 is 5.97 Å². The third-order valence-electron chi connectivity index (χ3n) is 6.88. The summed E-state index contributed by atoms with van der Waals surface area (Å²) in [5, 5.41) is 11.0. The van der Waals surface area contributed by atoms with E-state index in [0.717, 1.165) is 70.6 Å². The van der Waals surface area contributed by atoms with Gasteiger partial charge in [-0.15, -0.1) is 0 Å². The summed E-state index contributed by atoms with van der Waals surface area (Å²) in [5.41, 5.74) is 0. The molecule has 0 saturated heterocycles. The van der Waals surface area contributed by atoms with Gasteiger partial charge < -0.3 is 15.2 Å². The second kappa shape index (κ2) is 28.9. The summed E-state index contributed by atoms with van der Waals surface area (Å²) >= 11 is 0. The number of carbonyl (C=O) groups is 3. The molecule has 0 saturated carbocycles. The number of esters is 1. The fraction of sp³-hybridized carbons (Fsp3) is 0.788. The molecule has 6 heteroatoms. The quantitative estimate of drug-likeness (QED) is 0.0578. The number of rotatable bonds is 28. The molecule has 0 bridgehead atoms. The molecule has 0 aliphatic carbocycles. The van der Waals surface area contributed by atoms with Crippen LogP contribution in [0.5, 0.6) is 0 Å². The van der Waals surface area contributed by atoms with Crippen molar-refractivity contribution in [3.05, 3.63) is 24.3 Å². The lowest BCUT2D eigenvalue weighted by Crippen LogP contribution is -2.28. The van der Waals surface area contributed by atoms with Gasteiger partial charge in [-0.3, -0.25) is 14.4 Å². The number of aliphatic carboxylic acids is 1. The average Bonchev–Trinajstić information content (AvgIpc) is 2.91. The number of nitrogens with one attached hydrogen (secondary N) is 1. The molecule has 0 spiro atoms. The molecule has 39 heavy (non-hydrogen) atoms. The van der Waals surface area contributed by atoms with Gasteiger partial charge in [-0.2, -0.15) is 0 Å². The van der Waals surface area contributed by atoms with Crippen LogP contribution in [0, 0.1) is 0 Å². The van der Waals surface area contributed by atoms with Crippen LogP contribution in [0.25, 0.3) is 0 Å². The standard InChI is InChI=1S/C33H59NO5/c1-3-5-7-9-10-11-12-13-14-15-16-17-18-24-28-33(38)39-30(25-21-8-6-4-2)26-22-19-20-23-27-31(35)34-29-32(36)37/h9-10,12-13,30H,3-8,11,14-29H2,1-2H3,(H,34,35)(H,36,37)/b10-9-,13-12-. The normalized spacial score (nSPS) is 12.3. The molecule has 0 fully saturated rings. The van der Waals surface area contributed by atoms with Gasteiger partial charge in [0, 0.05) is 12.8 Å². The second-order valence-corrected chi connectivity index (χ2v) is 10.7. The van der Waals surface area contributed by atoms with E-state index in [-0.39, 0.29) is 24.5 Å². The molecule has 1 amide bonds. The molecule has 0 aromatic carbocycles. The highest BCUT2D eigenvalue weighted by Gasteiger charge is 2.14. The zero-order chi connectivity index (χ0) is 28.8. The van der Waals surface area contributed by atoms with Gasteiger partial charge in [0.25, 0.3) is 0 Å². The Labute approximate surface area is 239 Å². The predicted molar refractivity (Wildman–Crippen MR) is 162 cm³/mol. The van der Waals surface area contributed by atoms with E-state index in [1.165, 1.54) is 57.8 Å². The Morgan fingerprint density at radius 2 is 1.21 bits per heavy atom. The number of carboxylic acid groups (broad SMARTS) is 1. The third-order valence-corrected chi connectivity index (χ3v) is 6.88. The highest BCUT2D eigenvalue weighted by Crippen LogP contribution is 2.17. The van der Waals surface area contributed by atoms with Crippen molar-refractivity contribution < 1.29 is 24.2 Å². The molecule has 1 unspecified atom stereocenters. The molecule has 0 heterocycles. The molecule has 0 rings (SSSR count). The Bertz CT molecular complexity index is 658. The number of hydrogen-bond donors (Lipinski definition) is 2. The highest BCUT2D eigenvalue weighted by atomic mass is 16.5. The molecule has 0 aliphatic heterocycles. The molecule has 0 aromatic heterocycles. The maximum Gasteiger partial charge on any atom is 0.322 e. The van der Waals surface area contributed by atoms with Crippen LogP contribution in [0.1, 0.15) is 155 Å². The molecule has 1 atom stereocenters. The number of carboxylic acids is 1. The Morgan fingerprint density at radius 1 is 0.667 bits per heavy atom. The molecule has 0 radical (unpaired) electrons. The van der Waals surface area contributed by atoms with Crippen molar-refractivity contribution in [1.29, 1.82) is 0 Å². The third kappa shape index (κ3) is 28.7. The summed E-state index contributed by atoms with van der Waals surface area (Å²) in [6.45, 7) is 4.10. The Kier molecular flexibility index (Phi) is 27.3. The van der Waals surface area contributed by atoms with Gasteiger partial charge >= 0.3 is 11.9 Å². The molecule has 226 valence electrons. The fourth-order valence-electron chi connectivity index (χ4n) is 4.47. The van der Waals surface area contributed by atoms with Crippen molar-refractivity contribution in [1.82, 2.24) is 5.32 Å². The van der Waals surface area contributed by atoms with Gasteiger partial charge in [-0.1, -0.05) is 102 Å². The summed E-state index contributed by atoms with van der Waals surface area (Å²) < 4.78 is 5.87. The van der Waals surface area contributed by atoms with Crippen LogP contribution < -0.4 is 5.32 Å². The molecule has 6 nitrogen and oxygen atoms in total. The maximum atomic E-state index is 12.5. The van der Waals surface area contributed by atoms with Gasteiger partial charge in [-0.05, 0) is 64.2 Å². The number of ether oxygens (including phenoxy) is 1. The van der Waals surface area contributed by atoms with Crippen LogP contribution in [0.2, 0.25) is 0 Å². The second-order valence-electron chi connectivity index (χ2n) is 10.7. The van der Waals surface area contributed by atoms with E-state index >= 15 is 0 Å². The number of hydrogen-bond acceptors (Lipinski definition) is 4. The SMILES string of the molecule is CCCC/C=C\C/C=C\CCCCCCCC(=O)OC(CCCCCC)CCCCCCC(=O)NCC(=O)O. The summed E-state index contributed by atoms with van der Waals surface area (Å²) in [5.74, 6) is -1.29. The molecule has 0 aliphatic rings. The Balaban J connectivity index is 3.97. The first-order chi connectivity index (χ1) is 19.0. The zero-order valence-corrected chi connectivity index (χ0v) is 25.2. The van der Waals surface area contributed by atoms with Crippen molar-refractivity contribution in [3.63, 3.8) is 0 Å². The predicted octanol–water partition coefficient (Wildman–Crippen LogP) is 8.83. The van der Waals surface area contributed by atoms with Gasteiger partial charge in [-0.25, -0.2) is 0 Å². The number of unbranched alkanes of at least 4 members (excludes halogenated alkanes) is 13. The highest BCUT2D eigenvalue weighted by molar-refractivity contribution is 5.80. The van der Waals surface area contributed by atoms with E-state index in [9.17, 15) is 14.4 Å². The summed E-state index contributed by atoms with van der Waals surface area (Å²) in [7, 11) is 0. The summed E-state index contributed by atoms with van der Waals surface area (Å²) in [4.78, 5) is 34.5. The van der Waals surface area contributed by atoms with Gasteiger partial charge in [0.2, 0.25) is 5.91 Å². The summed E-state index contributed by atoms with van der Waals surface area (Å²) in [6.07, 6.45) is 31.6. The van der Waals surface area contributed by atoms with Crippen LogP contribution in [0.4, 0.5) is 0 Å². The number of allylic oxidation sites excluding steroid dienone is 4. The zero-order valence-electron chi connectivity index (χ0n) is 25.2. The van der Waals surface area contributed by atoms with Crippen LogP contribution in [-0.4, -0.2) is 35.6 Å². The number of amides is 1. The monoisotopic (exact) mass is 549 g/mol. The number of carbonyl (C=O) groups excluding carboxylic acids is 2.